The van der Waals surface area contributed by atoms with Gasteiger partial charge in [-0.1, -0.05) is 103 Å². The van der Waals surface area contributed by atoms with Crippen molar-refractivity contribution in [2.75, 3.05) is 0 Å². The first-order valence-electron chi connectivity index (χ1n) is 12.9. The first-order chi connectivity index (χ1) is 18.8. The Bertz CT molecular complexity index is 2370. The molecule has 0 N–H and O–H groups in total. The molecule has 0 spiro atoms. The minimum absolute atomic E-state index is 1.28. The van der Waals surface area contributed by atoms with Crippen LogP contribution in [0.2, 0.25) is 0 Å². The predicted octanol–water partition coefficient (Wildman–Crippen LogP) is 11.5. The quantitative estimate of drug-likeness (QED) is 0.190. The molecule has 0 aliphatic rings. The molecular weight excluding hydrogens is 497 g/mol. The maximum Gasteiger partial charge on any atom is 0.0448 e. The largest absolute Gasteiger partial charge is 0.135 e. The van der Waals surface area contributed by atoms with Crippen LogP contribution in [-0.4, -0.2) is 0 Å². The highest BCUT2D eigenvalue weighted by Crippen LogP contribution is 2.47. The van der Waals surface area contributed by atoms with Crippen LogP contribution < -0.4 is 0 Å². The Morgan fingerprint density at radius 3 is 1.68 bits per heavy atom. The van der Waals surface area contributed by atoms with Gasteiger partial charge in [0.15, 0.2) is 0 Å². The van der Waals surface area contributed by atoms with E-state index in [9.17, 15) is 0 Å². The second kappa shape index (κ2) is 7.64. The zero-order chi connectivity index (χ0) is 24.8. The smallest absolute Gasteiger partial charge is 0.0448 e. The van der Waals surface area contributed by atoms with E-state index in [0.717, 1.165) is 0 Å². The van der Waals surface area contributed by atoms with E-state index >= 15 is 0 Å². The molecule has 0 atom stereocenters. The third kappa shape index (κ3) is 2.74. The van der Waals surface area contributed by atoms with Crippen LogP contribution in [0.25, 0.3) is 83.8 Å². The van der Waals surface area contributed by atoms with E-state index in [2.05, 4.69) is 121 Å². The zero-order valence-electron chi connectivity index (χ0n) is 20.4. The molecule has 0 unspecified atom stereocenters. The zero-order valence-corrected chi connectivity index (χ0v) is 22.0. The van der Waals surface area contributed by atoms with E-state index in [1.807, 2.05) is 22.7 Å². The average molecular weight is 517 g/mol. The van der Waals surface area contributed by atoms with Crippen LogP contribution in [-0.2, 0) is 0 Å². The van der Waals surface area contributed by atoms with Crippen LogP contribution in [0.1, 0.15) is 0 Å². The lowest BCUT2D eigenvalue weighted by atomic mass is 9.92. The van der Waals surface area contributed by atoms with E-state index < -0.39 is 0 Å². The van der Waals surface area contributed by atoms with Crippen molar-refractivity contribution in [2.24, 2.45) is 0 Å². The topological polar surface area (TPSA) is 0 Å². The molecule has 2 heterocycles. The van der Waals surface area contributed by atoms with Gasteiger partial charge in [0.25, 0.3) is 0 Å². The van der Waals surface area contributed by atoms with Gasteiger partial charge >= 0.3 is 0 Å². The lowest BCUT2D eigenvalue weighted by molar-refractivity contribution is 1.73. The third-order valence-corrected chi connectivity index (χ3v) is 10.5. The van der Waals surface area contributed by atoms with Crippen molar-refractivity contribution >= 4 is 95.3 Å². The fraction of sp³-hybridized carbons (Fsp3) is 0. The third-order valence-electron chi connectivity index (χ3n) is 8.06. The van der Waals surface area contributed by atoms with Gasteiger partial charge < -0.3 is 0 Å². The van der Waals surface area contributed by atoms with Crippen LogP contribution in [0.3, 0.4) is 0 Å². The minimum atomic E-state index is 1.28. The highest BCUT2D eigenvalue weighted by Gasteiger charge is 2.16. The van der Waals surface area contributed by atoms with Gasteiger partial charge in [-0.15, -0.1) is 22.7 Å². The van der Waals surface area contributed by atoms with Crippen LogP contribution >= 0.6 is 22.7 Å². The summed E-state index contributed by atoms with van der Waals surface area (Å²) in [5.74, 6) is 0. The monoisotopic (exact) mass is 516 g/mol. The molecule has 0 radical (unpaired) electrons. The Morgan fingerprint density at radius 2 is 0.921 bits per heavy atom. The van der Waals surface area contributed by atoms with E-state index in [1.165, 1.54) is 83.8 Å². The van der Waals surface area contributed by atoms with E-state index in [-0.39, 0.29) is 0 Å². The standard InChI is InChI=1S/C36H20S2/c1-2-10-25-23(8-1)24-9-3-4-11-26(24)31-20-21(16-17-27(25)31)22-13-7-14-28-29-18-19-33-34(36(29)38-35(22)28)30-12-5-6-15-32(30)37-33/h1-20H. The fourth-order valence-electron chi connectivity index (χ4n) is 6.37. The van der Waals surface area contributed by atoms with Crippen molar-refractivity contribution in [2.45, 2.75) is 0 Å². The summed E-state index contributed by atoms with van der Waals surface area (Å²) in [7, 11) is 0. The molecule has 9 rings (SSSR count). The lowest BCUT2D eigenvalue weighted by Gasteiger charge is -2.12. The molecule has 0 amide bonds. The number of thiophene rings is 2. The number of rotatable bonds is 1. The van der Waals surface area contributed by atoms with Crippen molar-refractivity contribution in [3.63, 3.8) is 0 Å². The lowest BCUT2D eigenvalue weighted by Crippen LogP contribution is -1.85. The van der Waals surface area contributed by atoms with Crippen molar-refractivity contribution < 1.29 is 0 Å². The Labute approximate surface area is 227 Å². The summed E-state index contributed by atoms with van der Waals surface area (Å²) in [6, 6.07) is 45.0. The van der Waals surface area contributed by atoms with Gasteiger partial charge in [-0.05, 0) is 61.6 Å². The molecule has 0 saturated heterocycles. The molecule has 38 heavy (non-hydrogen) atoms. The summed E-state index contributed by atoms with van der Waals surface area (Å²) in [6.07, 6.45) is 0. The molecule has 0 saturated carbocycles. The summed E-state index contributed by atoms with van der Waals surface area (Å²) in [5.41, 5.74) is 2.59. The van der Waals surface area contributed by atoms with Gasteiger partial charge in [-0.3, -0.25) is 0 Å². The first-order valence-corrected chi connectivity index (χ1v) is 14.6. The molecule has 2 heteroatoms. The highest BCUT2D eigenvalue weighted by atomic mass is 32.1. The molecule has 0 aliphatic heterocycles. The van der Waals surface area contributed by atoms with Gasteiger partial charge in [0, 0.05) is 40.3 Å². The molecule has 0 bridgehead atoms. The second-order valence-electron chi connectivity index (χ2n) is 10.0. The van der Waals surface area contributed by atoms with E-state index in [4.69, 9.17) is 0 Å². The Balaban J connectivity index is 1.38. The molecule has 7 aromatic carbocycles. The summed E-state index contributed by atoms with van der Waals surface area (Å²) >= 11 is 3.85. The molecule has 0 fully saturated rings. The SMILES string of the molecule is c1ccc2c(c1)sc1ccc3c4cccc(-c5ccc6c7ccccc7c7ccccc7c6c5)c4sc3c12. The Morgan fingerprint density at radius 1 is 0.342 bits per heavy atom. The highest BCUT2D eigenvalue weighted by molar-refractivity contribution is 7.30. The summed E-state index contributed by atoms with van der Waals surface area (Å²) < 4.78 is 5.51. The Hall–Kier alpha value is -4.24. The van der Waals surface area contributed by atoms with Gasteiger partial charge in [-0.2, -0.15) is 0 Å². The van der Waals surface area contributed by atoms with E-state index in [0.29, 0.717) is 0 Å². The molecule has 0 nitrogen and oxygen atoms in total. The second-order valence-corrected chi connectivity index (χ2v) is 12.2. The molecule has 2 aromatic heterocycles. The molecule has 9 aromatic rings. The number of hydrogen-bond acceptors (Lipinski definition) is 2. The number of hydrogen-bond donors (Lipinski definition) is 0. The van der Waals surface area contributed by atoms with Crippen LogP contribution in [0.5, 0.6) is 0 Å². The number of benzene rings is 7. The van der Waals surface area contributed by atoms with Gasteiger partial charge in [0.05, 0.1) is 0 Å². The van der Waals surface area contributed by atoms with Gasteiger partial charge in [0.1, 0.15) is 0 Å². The van der Waals surface area contributed by atoms with Crippen molar-refractivity contribution in [3.8, 4) is 11.1 Å². The van der Waals surface area contributed by atoms with Crippen LogP contribution in [0.15, 0.2) is 121 Å². The van der Waals surface area contributed by atoms with Gasteiger partial charge in [-0.25, -0.2) is 0 Å². The molecule has 0 aliphatic carbocycles. The van der Waals surface area contributed by atoms with Gasteiger partial charge in [0.2, 0.25) is 0 Å². The Kier molecular flexibility index (Phi) is 4.18. The fourth-order valence-corrected chi connectivity index (χ4v) is 8.94. The maximum absolute atomic E-state index is 2.42. The molecule has 176 valence electrons. The van der Waals surface area contributed by atoms with Crippen molar-refractivity contribution in [1.29, 1.82) is 0 Å². The summed E-state index contributed by atoms with van der Waals surface area (Å²) in [5, 5.41) is 13.4. The van der Waals surface area contributed by atoms with Crippen LogP contribution in [0.4, 0.5) is 0 Å². The summed E-state index contributed by atoms with van der Waals surface area (Å²) in [4.78, 5) is 0. The number of fused-ring (bicyclic) bond motifs is 13. The van der Waals surface area contributed by atoms with E-state index in [1.54, 1.807) is 0 Å². The first kappa shape index (κ1) is 20.8. The van der Waals surface area contributed by atoms with Crippen molar-refractivity contribution in [3.05, 3.63) is 121 Å². The van der Waals surface area contributed by atoms with Crippen LogP contribution in [0, 0.1) is 0 Å². The predicted molar refractivity (Wildman–Crippen MR) is 170 cm³/mol. The average Bonchev–Trinajstić information content (AvgIpc) is 3.55. The van der Waals surface area contributed by atoms with Crippen molar-refractivity contribution in [1.82, 2.24) is 0 Å². The maximum atomic E-state index is 2.42. The normalized spacial score (nSPS) is 12.2. The molecular formula is C36H20S2. The minimum Gasteiger partial charge on any atom is -0.135 e. The summed E-state index contributed by atoms with van der Waals surface area (Å²) in [6.45, 7) is 0.